The van der Waals surface area contributed by atoms with E-state index in [2.05, 4.69) is 27.5 Å². The number of carbonyl (C=O) groups is 3. The van der Waals surface area contributed by atoms with Crippen molar-refractivity contribution >= 4 is 51.6 Å². The van der Waals surface area contributed by atoms with Gasteiger partial charge >= 0.3 is 18.2 Å². The lowest BCUT2D eigenvalue weighted by molar-refractivity contribution is -0.137. The summed E-state index contributed by atoms with van der Waals surface area (Å²) >= 11 is 7.63. The molecular weight excluding hydrogens is 693 g/mol. The van der Waals surface area contributed by atoms with Crippen LogP contribution in [0.3, 0.4) is 0 Å². The van der Waals surface area contributed by atoms with E-state index in [9.17, 15) is 27.6 Å². The maximum atomic E-state index is 14.1. The van der Waals surface area contributed by atoms with Crippen molar-refractivity contribution in [2.45, 2.75) is 87.9 Å². The van der Waals surface area contributed by atoms with Crippen LogP contribution in [-0.4, -0.2) is 119 Å². The van der Waals surface area contributed by atoms with Gasteiger partial charge in [0.1, 0.15) is 11.0 Å². The monoisotopic (exact) mass is 736 g/mol. The van der Waals surface area contributed by atoms with Gasteiger partial charge in [0.25, 0.3) is 0 Å². The van der Waals surface area contributed by atoms with Gasteiger partial charge in [-0.2, -0.15) is 13.2 Å². The number of rotatable bonds is 6. The first kappa shape index (κ1) is 35.1. The van der Waals surface area contributed by atoms with Gasteiger partial charge in [0.05, 0.1) is 22.8 Å². The van der Waals surface area contributed by atoms with Gasteiger partial charge < -0.3 is 30.7 Å². The molecule has 0 saturated carbocycles. The van der Waals surface area contributed by atoms with Gasteiger partial charge in [-0.25, -0.2) is 9.59 Å². The largest absolute Gasteiger partial charge is 0.418 e. The van der Waals surface area contributed by atoms with E-state index in [-0.39, 0.29) is 35.0 Å². The fourth-order valence-electron chi connectivity index (χ4n) is 8.58. The highest BCUT2D eigenvalue weighted by atomic mass is 35.5. The number of alkyl halides is 3. The summed E-state index contributed by atoms with van der Waals surface area (Å²) in [5.74, 6) is -0.339. The molecule has 0 radical (unpaired) electrons. The molecule has 5 amide bonds. The van der Waals surface area contributed by atoms with Crippen LogP contribution in [0.4, 0.5) is 33.4 Å². The quantitative estimate of drug-likeness (QED) is 0.364. The summed E-state index contributed by atoms with van der Waals surface area (Å²) < 4.78 is 41.5. The van der Waals surface area contributed by atoms with Crippen molar-refractivity contribution in [3.63, 3.8) is 0 Å². The van der Waals surface area contributed by atoms with Crippen molar-refractivity contribution in [2.24, 2.45) is 0 Å². The molecule has 4 fully saturated rings. The number of carbonyl (C=O) groups excluding carboxylic acids is 3. The van der Waals surface area contributed by atoms with Crippen molar-refractivity contribution < 1.29 is 27.6 Å². The molecule has 272 valence electrons. The first-order chi connectivity index (χ1) is 23.9. The van der Waals surface area contributed by atoms with Crippen LogP contribution in [0.25, 0.3) is 0 Å². The number of anilines is 2. The first-order valence-electron chi connectivity index (χ1n) is 17.4. The predicted octanol–water partition coefficient (Wildman–Crippen LogP) is 4.90. The normalized spacial score (nSPS) is 25.7. The van der Waals surface area contributed by atoms with Crippen LogP contribution in [0, 0.1) is 0 Å². The number of hydrogen-bond acceptors (Lipinski definition) is 7. The number of urea groups is 2. The molecule has 11 nitrogen and oxygen atoms in total. The molecular formula is C34H44ClF3N8O3S. The Labute approximate surface area is 298 Å². The minimum Gasteiger partial charge on any atom is -0.397 e. The van der Waals surface area contributed by atoms with Crippen LogP contribution in [0.2, 0.25) is 5.02 Å². The Morgan fingerprint density at radius 3 is 2.34 bits per heavy atom. The lowest BCUT2D eigenvalue weighted by atomic mass is 9.95. The average molecular weight is 737 g/mol. The van der Waals surface area contributed by atoms with E-state index < -0.39 is 29.5 Å². The fourth-order valence-corrected chi connectivity index (χ4v) is 9.62. The van der Waals surface area contributed by atoms with Crippen LogP contribution in [-0.2, 0) is 23.9 Å². The molecule has 0 aliphatic carbocycles. The number of thiophene rings is 1. The van der Waals surface area contributed by atoms with E-state index in [1.54, 1.807) is 14.7 Å². The molecule has 5 aliphatic rings. The molecule has 4 N–H and O–H groups in total. The Morgan fingerprint density at radius 2 is 1.68 bits per heavy atom. The number of benzene rings is 1. The summed E-state index contributed by atoms with van der Waals surface area (Å²) in [6.45, 7) is 3.58. The molecule has 1 aromatic heterocycles. The zero-order valence-corrected chi connectivity index (χ0v) is 29.6. The van der Waals surface area contributed by atoms with E-state index in [4.69, 9.17) is 17.3 Å². The first-order valence-corrected chi connectivity index (χ1v) is 18.7. The van der Waals surface area contributed by atoms with Crippen molar-refractivity contribution in [2.75, 3.05) is 57.4 Å². The third-order valence-electron chi connectivity index (χ3n) is 11.5. The van der Waals surface area contributed by atoms with Gasteiger partial charge in [0.2, 0.25) is 5.91 Å². The Hall–Kier alpha value is -3.27. The summed E-state index contributed by atoms with van der Waals surface area (Å²) in [6.07, 6.45) is 0.884. The maximum absolute atomic E-state index is 14.1. The second-order valence-corrected chi connectivity index (χ2v) is 15.7. The number of nitrogens with two attached hydrogens (primary N) is 1. The van der Waals surface area contributed by atoms with E-state index >= 15 is 0 Å². The molecule has 2 aromatic rings. The number of fused-ring (bicyclic) bond motifs is 3. The smallest absolute Gasteiger partial charge is 0.397 e. The van der Waals surface area contributed by atoms with Crippen LogP contribution in [0.1, 0.15) is 55.2 Å². The fraction of sp³-hybridized carbons (Fsp3) is 0.618. The molecule has 1 aromatic carbocycles. The third kappa shape index (κ3) is 7.10. The summed E-state index contributed by atoms with van der Waals surface area (Å²) in [7, 11) is 2.21. The lowest BCUT2D eigenvalue weighted by Crippen LogP contribution is -2.60. The molecule has 2 unspecified atom stereocenters. The molecule has 5 aliphatic heterocycles. The Kier molecular flexibility index (Phi) is 9.87. The van der Waals surface area contributed by atoms with E-state index in [0.29, 0.717) is 76.8 Å². The molecule has 16 heteroatoms. The number of amides is 5. The predicted molar refractivity (Wildman–Crippen MR) is 186 cm³/mol. The zero-order valence-electron chi connectivity index (χ0n) is 28.1. The standard InChI is InChI=1S/C34H44ClF3N8O3S/c1-42-23-2-3-24(42)18-25(17-23)43-9-11-44(12-10-43)31(47)28(16-20-14-26(34(36,37)38)29(39)27(35)15-20)40-32(48)45-7-4-22(5-8-45)46-19-21-6-13-50-30(21)41-33(46)49/h6,13-15,22-25,28H,2-5,7-12,16-19,39H2,1H3,(H,40,48)(H,41,49)/t23?,24?,25?,28-/m1/s1. The van der Waals surface area contributed by atoms with E-state index in [0.717, 1.165) is 29.5 Å². The SMILES string of the molecule is CN1C2CCC1CC(N1CCN(C(=O)[C@@H](Cc3cc(Cl)c(N)c(C(F)(F)F)c3)NC(=O)N3CCC(N4Cc5ccsc5NC4=O)CC3)CC1)C2. The molecule has 0 spiro atoms. The summed E-state index contributed by atoms with van der Waals surface area (Å²) in [5.41, 5.74) is 5.24. The van der Waals surface area contributed by atoms with Crippen LogP contribution >= 0.6 is 22.9 Å². The molecule has 6 heterocycles. The van der Waals surface area contributed by atoms with Crippen molar-refractivity contribution in [3.8, 4) is 0 Å². The third-order valence-corrected chi connectivity index (χ3v) is 12.7. The number of hydrogen-bond donors (Lipinski definition) is 3. The topological polar surface area (TPSA) is 117 Å². The maximum Gasteiger partial charge on any atom is 0.418 e. The van der Waals surface area contributed by atoms with Gasteiger partial charge in [0.15, 0.2) is 0 Å². The van der Waals surface area contributed by atoms with Crippen LogP contribution < -0.4 is 16.4 Å². The molecule has 2 bridgehead atoms. The average Bonchev–Trinajstić information content (AvgIpc) is 3.61. The van der Waals surface area contributed by atoms with Gasteiger partial charge in [-0.15, -0.1) is 11.3 Å². The van der Waals surface area contributed by atoms with Gasteiger partial charge in [-0.1, -0.05) is 11.6 Å². The van der Waals surface area contributed by atoms with Crippen molar-refractivity contribution in [3.05, 3.63) is 45.3 Å². The summed E-state index contributed by atoms with van der Waals surface area (Å²) in [5, 5.41) is 8.35. The molecule has 7 rings (SSSR count). The molecule has 4 saturated heterocycles. The second kappa shape index (κ2) is 14.0. The molecule has 50 heavy (non-hydrogen) atoms. The van der Waals surface area contributed by atoms with Crippen LogP contribution in [0.15, 0.2) is 23.6 Å². The number of nitrogens with one attached hydrogen (secondary N) is 2. The second-order valence-electron chi connectivity index (χ2n) is 14.3. The van der Waals surface area contributed by atoms with Gasteiger partial charge in [-0.3, -0.25) is 15.0 Å². The number of piperazine rings is 1. The lowest BCUT2D eigenvalue weighted by Gasteiger charge is -2.45. The Morgan fingerprint density at radius 1 is 1.00 bits per heavy atom. The van der Waals surface area contributed by atoms with Crippen molar-refractivity contribution in [1.82, 2.24) is 29.8 Å². The molecule has 3 atom stereocenters. The minimum atomic E-state index is -4.74. The number of likely N-dealkylation sites (tertiary alicyclic amines) is 1. The summed E-state index contributed by atoms with van der Waals surface area (Å²) in [6, 6.07) is 4.11. The summed E-state index contributed by atoms with van der Waals surface area (Å²) in [4.78, 5) is 50.7. The Bertz CT molecular complexity index is 1600. The highest BCUT2D eigenvalue weighted by molar-refractivity contribution is 7.14. The van der Waals surface area contributed by atoms with Gasteiger partial charge in [0, 0.05) is 75.4 Å². The van der Waals surface area contributed by atoms with Crippen molar-refractivity contribution in [1.29, 1.82) is 0 Å². The number of nitrogen functional groups attached to an aromatic ring is 1. The highest BCUT2D eigenvalue weighted by Crippen LogP contribution is 2.39. The number of halogens is 4. The highest BCUT2D eigenvalue weighted by Gasteiger charge is 2.42. The van der Waals surface area contributed by atoms with E-state index in [1.807, 2.05) is 11.4 Å². The number of nitrogens with zero attached hydrogens (tertiary/aromatic N) is 5. The van der Waals surface area contributed by atoms with Gasteiger partial charge in [-0.05, 0) is 74.7 Å². The number of piperidine rings is 2. The Balaban J connectivity index is 1.02. The van der Waals surface area contributed by atoms with E-state index in [1.165, 1.54) is 30.2 Å². The minimum absolute atomic E-state index is 0.0571. The van der Waals surface area contributed by atoms with Crippen LogP contribution in [0.5, 0.6) is 0 Å². The zero-order chi connectivity index (χ0) is 35.3.